The highest BCUT2D eigenvalue weighted by atomic mass is 16.2. The lowest BCUT2D eigenvalue weighted by molar-refractivity contribution is -0.132. The van der Waals surface area contributed by atoms with Gasteiger partial charge in [0, 0.05) is 45.1 Å². The zero-order valence-corrected chi connectivity index (χ0v) is 12.2. The van der Waals surface area contributed by atoms with Crippen LogP contribution in [0, 0.1) is 0 Å². The number of imidazole rings is 1. The van der Waals surface area contributed by atoms with Crippen LogP contribution in [0.2, 0.25) is 0 Å². The van der Waals surface area contributed by atoms with Crippen LogP contribution in [0.3, 0.4) is 0 Å². The molecule has 1 saturated heterocycles. The quantitative estimate of drug-likeness (QED) is 0.785. The summed E-state index contributed by atoms with van der Waals surface area (Å²) < 4.78 is 1.78. The van der Waals surface area contributed by atoms with Crippen molar-refractivity contribution in [2.75, 3.05) is 37.6 Å². The van der Waals surface area contributed by atoms with Crippen LogP contribution in [-0.2, 0) is 4.79 Å². The topological polar surface area (TPSA) is 65.8 Å². The van der Waals surface area contributed by atoms with Crippen molar-refractivity contribution in [3.05, 3.63) is 36.7 Å². The van der Waals surface area contributed by atoms with Crippen molar-refractivity contribution in [1.29, 1.82) is 0 Å². The number of hydrogen-bond donors (Lipinski definition) is 1. The molecule has 0 radical (unpaired) electrons. The third kappa shape index (κ3) is 2.33. The second-order valence-corrected chi connectivity index (χ2v) is 5.55. The van der Waals surface area contributed by atoms with E-state index in [0.29, 0.717) is 0 Å². The van der Waals surface area contributed by atoms with Crippen LogP contribution in [0.4, 0.5) is 5.82 Å². The maximum Gasteiger partial charge on any atom is 0.243 e. The zero-order valence-electron chi connectivity index (χ0n) is 12.2. The minimum absolute atomic E-state index is 0.146. The van der Waals surface area contributed by atoms with Gasteiger partial charge in [-0.1, -0.05) is 12.2 Å². The standard InChI is InChI=1S/C15H18N6O/c22-15(12-2-1-5-16-12)20-10-8-19(9-11-20)14-4-3-13-17-6-7-21(13)18-14/h1-4,6-7,12,16H,5,8-11H2. The molecule has 0 aromatic carbocycles. The van der Waals surface area contributed by atoms with Crippen LogP contribution >= 0.6 is 0 Å². The number of carbonyl (C=O) groups excluding carboxylic acids is 1. The lowest BCUT2D eigenvalue weighted by atomic mass is 10.2. The highest BCUT2D eigenvalue weighted by molar-refractivity contribution is 5.84. The zero-order chi connectivity index (χ0) is 14.9. The Morgan fingerprint density at radius 3 is 2.86 bits per heavy atom. The number of carbonyl (C=O) groups is 1. The monoisotopic (exact) mass is 298 g/mol. The van der Waals surface area contributed by atoms with Crippen molar-refractivity contribution in [2.24, 2.45) is 0 Å². The molecule has 2 aliphatic heterocycles. The Bertz CT molecular complexity index is 716. The van der Waals surface area contributed by atoms with Gasteiger partial charge in [-0.15, -0.1) is 5.10 Å². The second kappa shape index (κ2) is 5.42. The van der Waals surface area contributed by atoms with E-state index < -0.39 is 0 Å². The first-order valence-electron chi connectivity index (χ1n) is 7.55. The van der Waals surface area contributed by atoms with Crippen molar-refractivity contribution in [3.63, 3.8) is 0 Å². The van der Waals surface area contributed by atoms with Gasteiger partial charge in [0.25, 0.3) is 0 Å². The summed E-state index contributed by atoms with van der Waals surface area (Å²) in [5.74, 6) is 1.10. The maximum absolute atomic E-state index is 12.3. The molecule has 7 nitrogen and oxygen atoms in total. The molecule has 4 heterocycles. The van der Waals surface area contributed by atoms with Gasteiger partial charge in [-0.3, -0.25) is 10.1 Å². The first-order chi connectivity index (χ1) is 10.8. The molecule has 1 atom stereocenters. The molecule has 1 unspecified atom stereocenters. The number of rotatable bonds is 2. The normalized spacial score (nSPS) is 21.7. The fourth-order valence-electron chi connectivity index (χ4n) is 2.96. The molecule has 4 rings (SSSR count). The van der Waals surface area contributed by atoms with Gasteiger partial charge < -0.3 is 9.80 Å². The Kier molecular flexibility index (Phi) is 3.27. The summed E-state index contributed by atoms with van der Waals surface area (Å²) in [5, 5.41) is 7.73. The number of fused-ring (bicyclic) bond motifs is 1. The van der Waals surface area contributed by atoms with Gasteiger partial charge in [0.15, 0.2) is 5.65 Å². The first-order valence-corrected chi connectivity index (χ1v) is 7.55. The summed E-state index contributed by atoms with van der Waals surface area (Å²) in [4.78, 5) is 20.7. The van der Waals surface area contributed by atoms with E-state index in [4.69, 9.17) is 0 Å². The van der Waals surface area contributed by atoms with E-state index >= 15 is 0 Å². The molecule has 1 amide bonds. The molecule has 0 spiro atoms. The molecule has 7 heteroatoms. The SMILES string of the molecule is O=C(C1C=CCN1)N1CCN(c2ccc3nccn3n2)CC1. The Hall–Kier alpha value is -2.41. The number of nitrogens with one attached hydrogen (secondary N) is 1. The number of anilines is 1. The molecule has 1 N–H and O–H groups in total. The number of hydrogen-bond acceptors (Lipinski definition) is 5. The molecule has 2 aromatic heterocycles. The van der Waals surface area contributed by atoms with Crippen LogP contribution in [-0.4, -0.2) is 64.2 Å². The summed E-state index contributed by atoms with van der Waals surface area (Å²) in [6, 6.07) is 3.81. The molecular weight excluding hydrogens is 280 g/mol. The number of aromatic nitrogens is 3. The van der Waals surface area contributed by atoms with Gasteiger partial charge in [-0.2, -0.15) is 0 Å². The molecule has 0 saturated carbocycles. The Morgan fingerprint density at radius 2 is 2.09 bits per heavy atom. The van der Waals surface area contributed by atoms with Crippen molar-refractivity contribution >= 4 is 17.4 Å². The van der Waals surface area contributed by atoms with Crippen LogP contribution < -0.4 is 10.2 Å². The molecule has 114 valence electrons. The van der Waals surface area contributed by atoms with Crippen LogP contribution in [0.5, 0.6) is 0 Å². The van der Waals surface area contributed by atoms with Gasteiger partial charge in [0.2, 0.25) is 5.91 Å². The largest absolute Gasteiger partial charge is 0.352 e. The number of amides is 1. The summed E-state index contributed by atoms with van der Waals surface area (Å²) in [6.45, 7) is 3.85. The lowest BCUT2D eigenvalue weighted by Gasteiger charge is -2.36. The highest BCUT2D eigenvalue weighted by Gasteiger charge is 2.27. The summed E-state index contributed by atoms with van der Waals surface area (Å²) in [6.07, 6.45) is 7.54. The second-order valence-electron chi connectivity index (χ2n) is 5.55. The summed E-state index contributed by atoms with van der Waals surface area (Å²) in [7, 11) is 0. The maximum atomic E-state index is 12.3. The van der Waals surface area contributed by atoms with E-state index in [9.17, 15) is 4.79 Å². The molecule has 1 fully saturated rings. The molecule has 2 aromatic rings. The predicted octanol–water partition coefficient (Wildman–Crippen LogP) is -0.0941. The molecule has 0 bridgehead atoms. The predicted molar refractivity (Wildman–Crippen MR) is 82.7 cm³/mol. The summed E-state index contributed by atoms with van der Waals surface area (Å²) >= 11 is 0. The average Bonchev–Trinajstić information content (AvgIpc) is 3.25. The number of nitrogens with zero attached hydrogens (tertiary/aromatic N) is 5. The van der Waals surface area contributed by atoms with E-state index in [1.165, 1.54) is 0 Å². The fourth-order valence-corrected chi connectivity index (χ4v) is 2.96. The van der Waals surface area contributed by atoms with Crippen LogP contribution in [0.1, 0.15) is 0 Å². The Balaban J connectivity index is 1.42. The van der Waals surface area contributed by atoms with Crippen molar-refractivity contribution in [2.45, 2.75) is 6.04 Å². The highest BCUT2D eigenvalue weighted by Crippen LogP contribution is 2.15. The van der Waals surface area contributed by atoms with Gasteiger partial charge in [0.1, 0.15) is 11.9 Å². The van der Waals surface area contributed by atoms with Gasteiger partial charge in [-0.05, 0) is 12.1 Å². The third-order valence-corrected chi connectivity index (χ3v) is 4.21. The smallest absolute Gasteiger partial charge is 0.243 e. The molecule has 22 heavy (non-hydrogen) atoms. The Morgan fingerprint density at radius 1 is 1.23 bits per heavy atom. The molecular formula is C15H18N6O. The number of piperazine rings is 1. The Labute approximate surface area is 128 Å². The van der Waals surface area contributed by atoms with Crippen molar-refractivity contribution in [3.8, 4) is 0 Å². The minimum atomic E-state index is -0.146. The molecule has 2 aliphatic rings. The average molecular weight is 298 g/mol. The van der Waals surface area contributed by atoms with E-state index in [1.54, 1.807) is 10.7 Å². The fraction of sp³-hybridized carbons (Fsp3) is 0.400. The lowest BCUT2D eigenvalue weighted by Crippen LogP contribution is -2.53. The van der Waals surface area contributed by atoms with Crippen LogP contribution in [0.15, 0.2) is 36.7 Å². The van der Waals surface area contributed by atoms with E-state index in [2.05, 4.69) is 20.3 Å². The van der Waals surface area contributed by atoms with E-state index in [1.807, 2.05) is 35.4 Å². The van der Waals surface area contributed by atoms with Crippen LogP contribution in [0.25, 0.3) is 5.65 Å². The van der Waals surface area contributed by atoms with Gasteiger partial charge in [-0.25, -0.2) is 9.50 Å². The van der Waals surface area contributed by atoms with E-state index in [-0.39, 0.29) is 11.9 Å². The van der Waals surface area contributed by atoms with Crippen molar-refractivity contribution < 1.29 is 4.79 Å². The van der Waals surface area contributed by atoms with E-state index in [0.717, 1.165) is 44.2 Å². The van der Waals surface area contributed by atoms with Gasteiger partial charge >= 0.3 is 0 Å². The van der Waals surface area contributed by atoms with Crippen molar-refractivity contribution in [1.82, 2.24) is 24.8 Å². The summed E-state index contributed by atoms with van der Waals surface area (Å²) in [5.41, 5.74) is 0.844. The molecule has 0 aliphatic carbocycles. The first kappa shape index (κ1) is 13.3. The van der Waals surface area contributed by atoms with Gasteiger partial charge in [0.05, 0.1) is 0 Å². The minimum Gasteiger partial charge on any atom is -0.352 e. The third-order valence-electron chi connectivity index (χ3n) is 4.21.